The van der Waals surface area contributed by atoms with Crippen molar-refractivity contribution in [3.63, 3.8) is 0 Å². The summed E-state index contributed by atoms with van der Waals surface area (Å²) in [5.41, 5.74) is 1.83. The molecule has 1 aliphatic carbocycles. The summed E-state index contributed by atoms with van der Waals surface area (Å²) in [4.78, 5) is 2.13. The van der Waals surface area contributed by atoms with Gasteiger partial charge < -0.3 is 15.3 Å². The van der Waals surface area contributed by atoms with Gasteiger partial charge in [0.05, 0.1) is 5.60 Å². The standard InChI is InChI=1S/C15H24N2O/c1-15(2,18)11-17(3)14-7-5-4-6-12(14)10-16-13-8-9-13/h4-7,13,16,18H,8-11H2,1-3H3. The van der Waals surface area contributed by atoms with Gasteiger partial charge in [-0.15, -0.1) is 0 Å². The summed E-state index contributed by atoms with van der Waals surface area (Å²) in [7, 11) is 2.04. The van der Waals surface area contributed by atoms with Crippen molar-refractivity contribution < 1.29 is 5.11 Å². The quantitative estimate of drug-likeness (QED) is 0.809. The molecule has 0 amide bonds. The Balaban J connectivity index is 2.05. The zero-order chi connectivity index (χ0) is 13.2. The molecule has 3 heteroatoms. The normalized spacial score (nSPS) is 15.8. The van der Waals surface area contributed by atoms with E-state index in [1.165, 1.54) is 24.1 Å². The number of anilines is 1. The molecular formula is C15H24N2O. The molecule has 0 aliphatic heterocycles. The van der Waals surface area contributed by atoms with Gasteiger partial charge in [-0.05, 0) is 38.3 Å². The second-order valence-electron chi connectivity index (χ2n) is 5.95. The number of para-hydroxylation sites is 1. The Morgan fingerprint density at radius 1 is 1.33 bits per heavy atom. The Hall–Kier alpha value is -1.06. The van der Waals surface area contributed by atoms with E-state index in [0.29, 0.717) is 6.54 Å². The first-order valence-electron chi connectivity index (χ1n) is 6.70. The third-order valence-corrected chi connectivity index (χ3v) is 3.19. The molecule has 3 nitrogen and oxygen atoms in total. The summed E-state index contributed by atoms with van der Waals surface area (Å²) in [6.45, 7) is 5.23. The van der Waals surface area contributed by atoms with Gasteiger partial charge in [-0.2, -0.15) is 0 Å². The van der Waals surface area contributed by atoms with Crippen molar-refractivity contribution in [1.29, 1.82) is 0 Å². The van der Waals surface area contributed by atoms with Crippen LogP contribution < -0.4 is 10.2 Å². The Bertz CT molecular complexity index is 394. The predicted octanol–water partition coefficient (Wildman–Crippen LogP) is 2.15. The summed E-state index contributed by atoms with van der Waals surface area (Å²) in [5, 5.41) is 13.5. The number of benzene rings is 1. The summed E-state index contributed by atoms with van der Waals surface area (Å²) in [6.07, 6.45) is 2.61. The minimum Gasteiger partial charge on any atom is -0.389 e. The molecule has 1 aromatic carbocycles. The lowest BCUT2D eigenvalue weighted by Gasteiger charge is -2.29. The van der Waals surface area contributed by atoms with Gasteiger partial charge in [0.2, 0.25) is 0 Å². The van der Waals surface area contributed by atoms with Crippen molar-refractivity contribution in [3.8, 4) is 0 Å². The largest absolute Gasteiger partial charge is 0.389 e. The highest BCUT2D eigenvalue weighted by Crippen LogP contribution is 2.23. The van der Waals surface area contributed by atoms with Crippen molar-refractivity contribution in [2.24, 2.45) is 0 Å². The van der Waals surface area contributed by atoms with E-state index in [-0.39, 0.29) is 0 Å². The van der Waals surface area contributed by atoms with Gasteiger partial charge in [0.1, 0.15) is 0 Å². The predicted molar refractivity (Wildman–Crippen MR) is 75.9 cm³/mol. The lowest BCUT2D eigenvalue weighted by atomic mass is 10.1. The molecule has 2 rings (SSSR count). The van der Waals surface area contributed by atoms with Crippen molar-refractivity contribution in [2.45, 2.75) is 44.9 Å². The fourth-order valence-electron chi connectivity index (χ4n) is 2.24. The van der Waals surface area contributed by atoms with E-state index in [4.69, 9.17) is 0 Å². The van der Waals surface area contributed by atoms with Crippen molar-refractivity contribution in [2.75, 3.05) is 18.5 Å². The van der Waals surface area contributed by atoms with Gasteiger partial charge in [0.25, 0.3) is 0 Å². The number of hydrogen-bond acceptors (Lipinski definition) is 3. The van der Waals surface area contributed by atoms with Crippen LogP contribution in [-0.4, -0.2) is 30.3 Å². The van der Waals surface area contributed by atoms with Gasteiger partial charge >= 0.3 is 0 Å². The molecule has 0 radical (unpaired) electrons. The van der Waals surface area contributed by atoms with Crippen LogP contribution >= 0.6 is 0 Å². The number of nitrogens with zero attached hydrogens (tertiary/aromatic N) is 1. The monoisotopic (exact) mass is 248 g/mol. The molecule has 0 bridgehead atoms. The molecule has 1 fully saturated rings. The molecule has 100 valence electrons. The first-order chi connectivity index (χ1) is 8.46. The van der Waals surface area contributed by atoms with Crippen LogP contribution in [0.25, 0.3) is 0 Å². The highest BCUT2D eigenvalue weighted by Gasteiger charge is 2.21. The minimum atomic E-state index is -0.675. The third-order valence-electron chi connectivity index (χ3n) is 3.19. The molecule has 0 spiro atoms. The zero-order valence-corrected chi connectivity index (χ0v) is 11.6. The maximum absolute atomic E-state index is 9.91. The highest BCUT2D eigenvalue weighted by molar-refractivity contribution is 5.53. The number of hydrogen-bond donors (Lipinski definition) is 2. The summed E-state index contributed by atoms with van der Waals surface area (Å²) < 4.78 is 0. The Morgan fingerprint density at radius 3 is 2.61 bits per heavy atom. The molecule has 1 saturated carbocycles. The zero-order valence-electron chi connectivity index (χ0n) is 11.6. The lowest BCUT2D eigenvalue weighted by Crippen LogP contribution is -2.36. The summed E-state index contributed by atoms with van der Waals surface area (Å²) >= 11 is 0. The topological polar surface area (TPSA) is 35.5 Å². The second-order valence-corrected chi connectivity index (χ2v) is 5.95. The number of aliphatic hydroxyl groups is 1. The van der Waals surface area contributed by atoms with Gasteiger partial charge in [-0.25, -0.2) is 0 Å². The van der Waals surface area contributed by atoms with E-state index in [1.807, 2.05) is 20.9 Å². The number of nitrogens with one attached hydrogen (secondary N) is 1. The summed E-state index contributed by atoms with van der Waals surface area (Å²) in [6, 6.07) is 9.13. The second kappa shape index (κ2) is 5.29. The molecule has 1 aromatic rings. The molecule has 0 heterocycles. The SMILES string of the molecule is CN(CC(C)(C)O)c1ccccc1CNC1CC1. The van der Waals surface area contributed by atoms with Crippen LogP contribution in [0.1, 0.15) is 32.3 Å². The van der Waals surface area contributed by atoms with Gasteiger partial charge in [0.15, 0.2) is 0 Å². The molecule has 0 saturated heterocycles. The van der Waals surface area contributed by atoms with E-state index in [2.05, 4.69) is 34.5 Å². The number of likely N-dealkylation sites (N-methyl/N-ethyl adjacent to an activating group) is 1. The lowest BCUT2D eigenvalue weighted by molar-refractivity contribution is 0.0886. The third kappa shape index (κ3) is 4.00. The van der Waals surface area contributed by atoms with Crippen molar-refractivity contribution in [1.82, 2.24) is 5.32 Å². The average molecular weight is 248 g/mol. The average Bonchev–Trinajstić information content (AvgIpc) is 3.08. The van der Waals surface area contributed by atoms with Crippen LogP contribution in [0.15, 0.2) is 24.3 Å². The van der Waals surface area contributed by atoms with Crippen LogP contribution in [-0.2, 0) is 6.54 Å². The molecule has 0 unspecified atom stereocenters. The molecule has 0 atom stereocenters. The van der Waals surface area contributed by atoms with Crippen LogP contribution in [0.3, 0.4) is 0 Å². The van der Waals surface area contributed by atoms with Crippen LogP contribution in [0, 0.1) is 0 Å². The van der Waals surface area contributed by atoms with Crippen LogP contribution in [0.2, 0.25) is 0 Å². The molecule has 0 aromatic heterocycles. The Kier molecular flexibility index (Phi) is 3.93. The Labute approximate surface area is 110 Å². The minimum absolute atomic E-state index is 0.632. The maximum atomic E-state index is 9.91. The maximum Gasteiger partial charge on any atom is 0.0765 e. The molecular weight excluding hydrogens is 224 g/mol. The fourth-order valence-corrected chi connectivity index (χ4v) is 2.24. The van der Waals surface area contributed by atoms with E-state index >= 15 is 0 Å². The molecule has 2 N–H and O–H groups in total. The molecule has 1 aliphatic rings. The van der Waals surface area contributed by atoms with Gasteiger partial charge in [-0.3, -0.25) is 0 Å². The molecule has 18 heavy (non-hydrogen) atoms. The number of rotatable bonds is 6. The van der Waals surface area contributed by atoms with E-state index in [1.54, 1.807) is 0 Å². The summed E-state index contributed by atoms with van der Waals surface area (Å²) in [5.74, 6) is 0. The fraction of sp³-hybridized carbons (Fsp3) is 0.600. The van der Waals surface area contributed by atoms with Crippen LogP contribution in [0.5, 0.6) is 0 Å². The van der Waals surface area contributed by atoms with Crippen molar-refractivity contribution in [3.05, 3.63) is 29.8 Å². The van der Waals surface area contributed by atoms with E-state index < -0.39 is 5.60 Å². The van der Waals surface area contributed by atoms with Gasteiger partial charge in [-0.1, -0.05) is 18.2 Å². The first kappa shape index (κ1) is 13.4. The smallest absolute Gasteiger partial charge is 0.0765 e. The van der Waals surface area contributed by atoms with E-state index in [9.17, 15) is 5.11 Å². The van der Waals surface area contributed by atoms with E-state index in [0.717, 1.165) is 12.6 Å². The van der Waals surface area contributed by atoms with Crippen molar-refractivity contribution >= 4 is 5.69 Å². The Morgan fingerprint density at radius 2 is 2.00 bits per heavy atom. The highest BCUT2D eigenvalue weighted by atomic mass is 16.3. The van der Waals surface area contributed by atoms with Crippen LogP contribution in [0.4, 0.5) is 5.69 Å². The first-order valence-corrected chi connectivity index (χ1v) is 6.70. The van der Waals surface area contributed by atoms with Gasteiger partial charge in [0, 0.05) is 31.9 Å².